The summed E-state index contributed by atoms with van der Waals surface area (Å²) in [4.78, 5) is 0. The van der Waals surface area contributed by atoms with Crippen LogP contribution < -0.4 is 10.1 Å². The summed E-state index contributed by atoms with van der Waals surface area (Å²) in [5, 5.41) is 3.73. The fourth-order valence-corrected chi connectivity index (χ4v) is 3.02. The van der Waals surface area contributed by atoms with Crippen LogP contribution in [0.1, 0.15) is 30.0 Å². The van der Waals surface area contributed by atoms with Crippen molar-refractivity contribution in [3.63, 3.8) is 0 Å². The first-order chi connectivity index (χ1) is 9.90. The SMILES string of the molecule is c1ccc(C(Nc2ccc3c(c2)CCO3)C2CC2)cc1. The van der Waals surface area contributed by atoms with E-state index in [4.69, 9.17) is 4.74 Å². The molecule has 20 heavy (non-hydrogen) atoms. The number of hydrogen-bond donors (Lipinski definition) is 1. The number of anilines is 1. The summed E-state index contributed by atoms with van der Waals surface area (Å²) >= 11 is 0. The predicted octanol–water partition coefficient (Wildman–Crippen LogP) is 4.18. The number of ether oxygens (including phenoxy) is 1. The van der Waals surface area contributed by atoms with E-state index in [1.807, 2.05) is 0 Å². The number of nitrogens with one attached hydrogen (secondary N) is 1. The Labute approximate surface area is 119 Å². The Morgan fingerprint density at radius 2 is 1.90 bits per heavy atom. The first-order valence-corrected chi connectivity index (χ1v) is 7.47. The molecule has 2 heteroatoms. The van der Waals surface area contributed by atoms with Gasteiger partial charge in [-0.25, -0.2) is 0 Å². The molecule has 1 aliphatic carbocycles. The highest BCUT2D eigenvalue weighted by molar-refractivity contribution is 5.54. The van der Waals surface area contributed by atoms with Crippen molar-refractivity contribution in [3.8, 4) is 5.75 Å². The molecule has 1 atom stereocenters. The second kappa shape index (κ2) is 4.86. The Bertz CT molecular complexity index is 604. The average Bonchev–Trinajstić information content (AvgIpc) is 3.23. The fourth-order valence-electron chi connectivity index (χ4n) is 3.02. The highest BCUT2D eigenvalue weighted by Gasteiger charge is 2.32. The topological polar surface area (TPSA) is 21.3 Å². The van der Waals surface area contributed by atoms with Crippen molar-refractivity contribution < 1.29 is 4.74 Å². The van der Waals surface area contributed by atoms with Crippen molar-refractivity contribution in [1.29, 1.82) is 0 Å². The fraction of sp³-hybridized carbons (Fsp3) is 0.333. The van der Waals surface area contributed by atoms with E-state index < -0.39 is 0 Å². The molecule has 0 aromatic heterocycles. The zero-order chi connectivity index (χ0) is 13.4. The molecule has 0 bridgehead atoms. The van der Waals surface area contributed by atoms with Gasteiger partial charge in [0.25, 0.3) is 0 Å². The lowest BCUT2D eigenvalue weighted by molar-refractivity contribution is 0.357. The van der Waals surface area contributed by atoms with Crippen LogP contribution >= 0.6 is 0 Å². The minimum atomic E-state index is 0.441. The number of hydrogen-bond acceptors (Lipinski definition) is 2. The van der Waals surface area contributed by atoms with Gasteiger partial charge in [0.05, 0.1) is 12.6 Å². The second-order valence-corrected chi connectivity index (χ2v) is 5.79. The van der Waals surface area contributed by atoms with Crippen LogP contribution in [0.3, 0.4) is 0 Å². The van der Waals surface area contributed by atoms with Crippen LogP contribution in [0.4, 0.5) is 5.69 Å². The minimum Gasteiger partial charge on any atom is -0.493 e. The van der Waals surface area contributed by atoms with E-state index in [0.717, 1.165) is 24.7 Å². The smallest absolute Gasteiger partial charge is 0.122 e. The summed E-state index contributed by atoms with van der Waals surface area (Å²) < 4.78 is 5.58. The molecule has 0 radical (unpaired) electrons. The number of fused-ring (bicyclic) bond motifs is 1. The molecule has 0 saturated heterocycles. The first-order valence-electron chi connectivity index (χ1n) is 7.47. The Morgan fingerprint density at radius 1 is 1.05 bits per heavy atom. The quantitative estimate of drug-likeness (QED) is 0.895. The molecule has 2 nitrogen and oxygen atoms in total. The average molecular weight is 265 g/mol. The number of benzene rings is 2. The van der Waals surface area contributed by atoms with Crippen LogP contribution in [-0.2, 0) is 6.42 Å². The predicted molar refractivity (Wildman–Crippen MR) is 81.2 cm³/mol. The molecule has 0 spiro atoms. The molecule has 102 valence electrons. The lowest BCUT2D eigenvalue weighted by atomic mass is 10.0. The lowest BCUT2D eigenvalue weighted by Crippen LogP contribution is -2.12. The van der Waals surface area contributed by atoms with Crippen molar-refractivity contribution in [2.75, 3.05) is 11.9 Å². The largest absolute Gasteiger partial charge is 0.493 e. The second-order valence-electron chi connectivity index (χ2n) is 5.79. The molecular formula is C18H19NO. The Balaban J connectivity index is 1.59. The standard InChI is InChI=1S/C18H19NO/c1-2-4-13(5-3-1)18(14-6-7-14)19-16-8-9-17-15(12-16)10-11-20-17/h1-5,8-9,12,14,18-19H,6-7,10-11H2. The highest BCUT2D eigenvalue weighted by Crippen LogP contribution is 2.43. The summed E-state index contributed by atoms with van der Waals surface area (Å²) in [5.41, 5.74) is 3.94. The van der Waals surface area contributed by atoms with Crippen molar-refractivity contribution in [2.24, 2.45) is 5.92 Å². The van der Waals surface area contributed by atoms with E-state index in [1.54, 1.807) is 0 Å². The molecule has 1 fully saturated rings. The van der Waals surface area contributed by atoms with Gasteiger partial charge in [-0.15, -0.1) is 0 Å². The molecule has 1 unspecified atom stereocenters. The zero-order valence-electron chi connectivity index (χ0n) is 11.5. The summed E-state index contributed by atoms with van der Waals surface area (Å²) in [6.45, 7) is 0.823. The van der Waals surface area contributed by atoms with Crippen LogP contribution in [0.15, 0.2) is 48.5 Å². The molecule has 2 aromatic carbocycles. The van der Waals surface area contributed by atoms with Crippen LogP contribution in [0.2, 0.25) is 0 Å². The van der Waals surface area contributed by atoms with Gasteiger partial charge in [0.2, 0.25) is 0 Å². The van der Waals surface area contributed by atoms with Gasteiger partial charge in [-0.2, -0.15) is 0 Å². The van der Waals surface area contributed by atoms with Gasteiger partial charge < -0.3 is 10.1 Å². The highest BCUT2D eigenvalue weighted by atomic mass is 16.5. The van der Waals surface area contributed by atoms with Crippen LogP contribution in [0.25, 0.3) is 0 Å². The van der Waals surface area contributed by atoms with Gasteiger partial charge >= 0.3 is 0 Å². The third-order valence-corrected chi connectivity index (χ3v) is 4.26. The van der Waals surface area contributed by atoms with Crippen molar-refractivity contribution in [2.45, 2.75) is 25.3 Å². The summed E-state index contributed by atoms with van der Waals surface area (Å²) in [5.74, 6) is 1.83. The Morgan fingerprint density at radius 3 is 2.70 bits per heavy atom. The zero-order valence-corrected chi connectivity index (χ0v) is 11.5. The summed E-state index contributed by atoms with van der Waals surface area (Å²) in [7, 11) is 0. The molecule has 2 aromatic rings. The lowest BCUT2D eigenvalue weighted by Gasteiger charge is -2.20. The molecule has 1 heterocycles. The van der Waals surface area contributed by atoms with E-state index in [0.29, 0.717) is 6.04 Å². The molecule has 4 rings (SSSR count). The van der Waals surface area contributed by atoms with E-state index in [9.17, 15) is 0 Å². The maximum Gasteiger partial charge on any atom is 0.122 e. The van der Waals surface area contributed by atoms with Gasteiger partial charge in [-0.3, -0.25) is 0 Å². The van der Waals surface area contributed by atoms with E-state index >= 15 is 0 Å². The molecular weight excluding hydrogens is 246 g/mol. The number of rotatable bonds is 4. The minimum absolute atomic E-state index is 0.441. The molecule has 1 aliphatic heterocycles. The van der Waals surface area contributed by atoms with Crippen LogP contribution in [0.5, 0.6) is 5.75 Å². The van der Waals surface area contributed by atoms with Gasteiger partial charge in [-0.05, 0) is 48.1 Å². The molecule has 1 N–H and O–H groups in total. The van der Waals surface area contributed by atoms with Gasteiger partial charge in [0.1, 0.15) is 5.75 Å². The summed E-state index contributed by atoms with van der Waals surface area (Å²) in [6, 6.07) is 17.7. The van der Waals surface area contributed by atoms with E-state index in [2.05, 4.69) is 53.8 Å². The van der Waals surface area contributed by atoms with E-state index in [1.165, 1.54) is 29.7 Å². The normalized spacial score (nSPS) is 18.2. The van der Waals surface area contributed by atoms with E-state index in [-0.39, 0.29) is 0 Å². The third kappa shape index (κ3) is 2.26. The van der Waals surface area contributed by atoms with Crippen LogP contribution in [-0.4, -0.2) is 6.61 Å². The van der Waals surface area contributed by atoms with Crippen LogP contribution in [0, 0.1) is 5.92 Å². The maximum atomic E-state index is 5.58. The van der Waals surface area contributed by atoms with Gasteiger partial charge in [-0.1, -0.05) is 30.3 Å². The third-order valence-electron chi connectivity index (χ3n) is 4.26. The Kier molecular flexibility index (Phi) is 2.87. The Hall–Kier alpha value is -1.96. The van der Waals surface area contributed by atoms with Gasteiger partial charge in [0.15, 0.2) is 0 Å². The van der Waals surface area contributed by atoms with Gasteiger partial charge in [0, 0.05) is 12.1 Å². The molecule has 0 amide bonds. The first kappa shape index (κ1) is 11.8. The van der Waals surface area contributed by atoms with Crippen molar-refractivity contribution in [1.82, 2.24) is 0 Å². The monoisotopic (exact) mass is 265 g/mol. The summed E-state index contributed by atoms with van der Waals surface area (Å²) in [6.07, 6.45) is 3.70. The maximum absolute atomic E-state index is 5.58. The molecule has 2 aliphatic rings. The molecule has 1 saturated carbocycles. The van der Waals surface area contributed by atoms with Crippen molar-refractivity contribution >= 4 is 5.69 Å². The van der Waals surface area contributed by atoms with Crippen molar-refractivity contribution in [3.05, 3.63) is 59.7 Å².